The molecular weight excluding hydrogens is 376 g/mol. The highest BCUT2D eigenvalue weighted by Gasteiger charge is 2.33. The minimum Gasteiger partial charge on any atom is -0.351 e. The number of benzene rings is 1. The van der Waals surface area contributed by atoms with Crippen LogP contribution in [0.4, 0.5) is 4.79 Å². The molecule has 0 bridgehead atoms. The number of hydrogen-bond acceptors (Lipinski definition) is 6. The Morgan fingerprint density at radius 3 is 2.57 bits per heavy atom. The van der Waals surface area contributed by atoms with Crippen LogP contribution < -0.4 is 11.1 Å². The molecule has 2 aromatic heterocycles. The van der Waals surface area contributed by atoms with Crippen LogP contribution in [0.25, 0.3) is 11.4 Å². The predicted octanol–water partition coefficient (Wildman–Crippen LogP) is 2.70. The van der Waals surface area contributed by atoms with Gasteiger partial charge in [0.25, 0.3) is 0 Å². The number of imide groups is 1. The van der Waals surface area contributed by atoms with Crippen molar-refractivity contribution in [2.75, 3.05) is 0 Å². The first-order valence-electron chi connectivity index (χ1n) is 8.80. The molecule has 1 aromatic carbocycles. The van der Waals surface area contributed by atoms with Gasteiger partial charge in [0, 0.05) is 24.0 Å². The highest BCUT2D eigenvalue weighted by atomic mass is 32.2. The Bertz CT molecular complexity index is 988. The van der Waals surface area contributed by atoms with E-state index in [1.807, 2.05) is 42.5 Å². The molecule has 0 spiro atoms. The molecule has 3 N–H and O–H groups in total. The maximum Gasteiger partial charge on any atom is 0.318 e. The zero-order valence-corrected chi connectivity index (χ0v) is 15.7. The monoisotopic (exact) mass is 394 g/mol. The molecule has 1 unspecified atom stereocenters. The number of thioether (sulfide) groups is 1. The quantitative estimate of drug-likeness (QED) is 0.621. The Kier molecular flexibility index (Phi) is 5.07. The standard InChI is InChI=1S/C19H18N6O2S/c20-18(27)22-17(26)15(12-5-2-1-3-6-12)28-19-24-23-16(25(19)14-8-9-14)13-7-4-10-21-11-13/h1-7,10-11,14-15H,8-9H2,(H3,20,22,26,27). The molecule has 8 nitrogen and oxygen atoms in total. The lowest BCUT2D eigenvalue weighted by atomic mass is 10.1. The number of nitrogens with two attached hydrogens (primary N) is 1. The third-order valence-electron chi connectivity index (χ3n) is 4.31. The Morgan fingerprint density at radius 1 is 1.14 bits per heavy atom. The lowest BCUT2D eigenvalue weighted by Gasteiger charge is -2.16. The molecule has 1 aliphatic carbocycles. The van der Waals surface area contributed by atoms with Crippen LogP contribution in [0, 0.1) is 0 Å². The zero-order valence-electron chi connectivity index (χ0n) is 14.9. The molecule has 0 saturated heterocycles. The molecule has 0 radical (unpaired) electrons. The van der Waals surface area contributed by atoms with E-state index in [4.69, 9.17) is 5.73 Å². The molecule has 1 fully saturated rings. The minimum absolute atomic E-state index is 0.295. The van der Waals surface area contributed by atoms with Gasteiger partial charge in [0.05, 0.1) is 0 Å². The fourth-order valence-electron chi connectivity index (χ4n) is 2.90. The molecule has 28 heavy (non-hydrogen) atoms. The summed E-state index contributed by atoms with van der Waals surface area (Å²) in [7, 11) is 0. The second-order valence-corrected chi connectivity index (χ2v) is 7.48. The van der Waals surface area contributed by atoms with Crippen LogP contribution in [-0.2, 0) is 4.79 Å². The van der Waals surface area contributed by atoms with Gasteiger partial charge in [0.15, 0.2) is 11.0 Å². The summed E-state index contributed by atoms with van der Waals surface area (Å²) in [6, 6.07) is 12.4. The van der Waals surface area contributed by atoms with Gasteiger partial charge in [-0.3, -0.25) is 19.7 Å². The molecular formula is C19H18N6O2S. The van der Waals surface area contributed by atoms with Gasteiger partial charge in [-0.1, -0.05) is 42.1 Å². The van der Waals surface area contributed by atoms with E-state index in [1.165, 1.54) is 11.8 Å². The van der Waals surface area contributed by atoms with Crippen LogP contribution in [-0.4, -0.2) is 31.7 Å². The number of urea groups is 1. The molecule has 3 aromatic rings. The average Bonchev–Trinajstić information content (AvgIpc) is 3.46. The van der Waals surface area contributed by atoms with Crippen molar-refractivity contribution in [1.82, 2.24) is 25.1 Å². The van der Waals surface area contributed by atoms with E-state index in [0.29, 0.717) is 11.2 Å². The summed E-state index contributed by atoms with van der Waals surface area (Å²) in [5.41, 5.74) is 6.77. The summed E-state index contributed by atoms with van der Waals surface area (Å²) in [4.78, 5) is 28.0. The highest BCUT2D eigenvalue weighted by molar-refractivity contribution is 8.00. The Balaban J connectivity index is 1.70. The first kappa shape index (κ1) is 18.2. The predicted molar refractivity (Wildman–Crippen MR) is 104 cm³/mol. The summed E-state index contributed by atoms with van der Waals surface area (Å²) in [5, 5.41) is 10.8. The molecule has 142 valence electrons. The van der Waals surface area contributed by atoms with Gasteiger partial charge >= 0.3 is 6.03 Å². The van der Waals surface area contributed by atoms with Crippen LogP contribution in [0.5, 0.6) is 0 Å². The molecule has 1 saturated carbocycles. The van der Waals surface area contributed by atoms with E-state index in [1.54, 1.807) is 12.4 Å². The van der Waals surface area contributed by atoms with Crippen molar-refractivity contribution in [2.45, 2.75) is 29.3 Å². The number of hydrogen-bond donors (Lipinski definition) is 2. The molecule has 9 heteroatoms. The number of nitrogens with one attached hydrogen (secondary N) is 1. The van der Waals surface area contributed by atoms with Crippen molar-refractivity contribution in [3.8, 4) is 11.4 Å². The number of nitrogens with zero attached hydrogens (tertiary/aromatic N) is 4. The zero-order chi connectivity index (χ0) is 19.5. The van der Waals surface area contributed by atoms with E-state index in [2.05, 4.69) is 25.1 Å². The van der Waals surface area contributed by atoms with Crippen LogP contribution in [0.1, 0.15) is 29.7 Å². The van der Waals surface area contributed by atoms with Crippen LogP contribution in [0.2, 0.25) is 0 Å². The Labute approximate surface area is 165 Å². The smallest absolute Gasteiger partial charge is 0.318 e. The lowest BCUT2D eigenvalue weighted by molar-refractivity contribution is -0.119. The second-order valence-electron chi connectivity index (χ2n) is 6.41. The van der Waals surface area contributed by atoms with E-state index < -0.39 is 17.2 Å². The first-order valence-corrected chi connectivity index (χ1v) is 9.68. The van der Waals surface area contributed by atoms with Crippen LogP contribution >= 0.6 is 11.8 Å². The largest absolute Gasteiger partial charge is 0.351 e. The SMILES string of the molecule is NC(=O)NC(=O)C(Sc1nnc(-c2cccnc2)n1C1CC1)c1ccccc1. The lowest BCUT2D eigenvalue weighted by Crippen LogP contribution is -2.37. The van der Waals surface area contributed by atoms with E-state index in [-0.39, 0.29) is 0 Å². The van der Waals surface area contributed by atoms with Crippen molar-refractivity contribution in [3.63, 3.8) is 0 Å². The minimum atomic E-state index is -0.883. The fourth-order valence-corrected chi connectivity index (χ4v) is 4.01. The van der Waals surface area contributed by atoms with Crippen molar-refractivity contribution >= 4 is 23.7 Å². The average molecular weight is 394 g/mol. The van der Waals surface area contributed by atoms with Crippen molar-refractivity contribution in [3.05, 3.63) is 60.4 Å². The van der Waals surface area contributed by atoms with Crippen LogP contribution in [0.3, 0.4) is 0 Å². The van der Waals surface area contributed by atoms with Crippen molar-refractivity contribution < 1.29 is 9.59 Å². The number of primary amides is 1. The highest BCUT2D eigenvalue weighted by Crippen LogP contribution is 2.44. The summed E-state index contributed by atoms with van der Waals surface area (Å²) < 4.78 is 2.05. The number of carbonyl (C=O) groups is 2. The molecule has 1 aliphatic rings. The number of aromatic nitrogens is 4. The molecule has 4 rings (SSSR count). The topological polar surface area (TPSA) is 116 Å². The summed E-state index contributed by atoms with van der Waals surface area (Å²) >= 11 is 1.25. The van der Waals surface area contributed by atoms with Crippen molar-refractivity contribution in [1.29, 1.82) is 0 Å². The van der Waals surface area contributed by atoms with E-state index in [9.17, 15) is 9.59 Å². The number of amides is 3. The van der Waals surface area contributed by atoms with Gasteiger partial charge in [-0.05, 0) is 30.5 Å². The molecule has 0 aliphatic heterocycles. The number of carbonyl (C=O) groups excluding carboxylic acids is 2. The third kappa shape index (κ3) is 3.89. The first-order chi connectivity index (χ1) is 13.6. The Hall–Kier alpha value is -3.20. The summed E-state index contributed by atoms with van der Waals surface area (Å²) in [6.45, 7) is 0. The number of pyridine rings is 1. The molecule has 3 amide bonds. The fraction of sp³-hybridized carbons (Fsp3) is 0.211. The van der Waals surface area contributed by atoms with E-state index >= 15 is 0 Å². The van der Waals surface area contributed by atoms with Crippen molar-refractivity contribution in [2.24, 2.45) is 5.73 Å². The summed E-state index contributed by atoms with van der Waals surface area (Å²) in [6.07, 6.45) is 5.51. The van der Waals surface area contributed by atoms with E-state index in [0.717, 1.165) is 29.8 Å². The van der Waals surface area contributed by atoms with Gasteiger partial charge in [-0.25, -0.2) is 4.79 Å². The maximum atomic E-state index is 12.6. The van der Waals surface area contributed by atoms with Gasteiger partial charge in [0.1, 0.15) is 5.25 Å². The normalized spacial score (nSPS) is 14.4. The van der Waals surface area contributed by atoms with Crippen LogP contribution in [0.15, 0.2) is 60.0 Å². The second kappa shape index (κ2) is 7.81. The van der Waals surface area contributed by atoms with Gasteiger partial charge in [-0.2, -0.15) is 0 Å². The van der Waals surface area contributed by atoms with Gasteiger partial charge in [0.2, 0.25) is 5.91 Å². The molecule has 2 heterocycles. The van der Waals surface area contributed by atoms with Gasteiger partial charge in [-0.15, -0.1) is 10.2 Å². The summed E-state index contributed by atoms with van der Waals surface area (Å²) in [5.74, 6) is 0.234. The Morgan fingerprint density at radius 2 is 1.93 bits per heavy atom. The number of rotatable bonds is 6. The molecule has 1 atom stereocenters. The maximum absolute atomic E-state index is 12.6. The van der Waals surface area contributed by atoms with Gasteiger partial charge < -0.3 is 5.73 Å². The third-order valence-corrected chi connectivity index (χ3v) is 5.52.